The van der Waals surface area contributed by atoms with E-state index in [2.05, 4.69) is 4.90 Å². The molecule has 3 aliphatic carbocycles. The molecule has 0 bridgehead atoms. The molecule has 5 rings (SSSR count). The molecule has 12 nitrogen and oxygen atoms in total. The zero-order valence-corrected chi connectivity index (χ0v) is 23.8. The lowest BCUT2D eigenvalue weighted by atomic mass is 9.57. The molecular weight excluding hydrogens is 530 g/mol. The van der Waals surface area contributed by atoms with Crippen LogP contribution in [-0.2, 0) is 27.3 Å². The number of hydrogen-bond donors (Lipinski definition) is 6. The van der Waals surface area contributed by atoms with Crippen LogP contribution in [-0.4, -0.2) is 107 Å². The molecule has 222 valence electrons. The van der Waals surface area contributed by atoms with Gasteiger partial charge in [0.2, 0.25) is 5.78 Å². The van der Waals surface area contributed by atoms with E-state index in [1.54, 1.807) is 14.1 Å². The Morgan fingerprint density at radius 1 is 1.12 bits per heavy atom. The number of carbonyl (C=O) groups excluding carboxylic acids is 3. The molecule has 3 unspecified atom stereocenters. The van der Waals surface area contributed by atoms with Crippen molar-refractivity contribution in [3.63, 3.8) is 0 Å². The maximum atomic E-state index is 14.1. The Labute approximate surface area is 238 Å². The molecule has 1 saturated carbocycles. The number of likely N-dealkylation sites (tertiary alicyclic amines) is 1. The fraction of sp³-hybridized carbons (Fsp3) is 0.552. The van der Waals surface area contributed by atoms with Gasteiger partial charge in [-0.05, 0) is 70.4 Å². The largest absolute Gasteiger partial charge is 0.508 e. The van der Waals surface area contributed by atoms with Crippen molar-refractivity contribution in [1.29, 1.82) is 0 Å². The predicted octanol–water partition coefficient (Wildman–Crippen LogP) is -0.0469. The fourth-order valence-corrected chi connectivity index (χ4v) is 7.22. The number of phenols is 1. The van der Waals surface area contributed by atoms with Crippen molar-refractivity contribution < 1.29 is 34.8 Å². The molecular formula is C29H39N5O7. The average Bonchev–Trinajstić information content (AvgIpc) is 2.88. The molecule has 12 heteroatoms. The van der Waals surface area contributed by atoms with Crippen LogP contribution in [0.4, 0.5) is 5.69 Å². The smallest absolute Gasteiger partial charge is 0.255 e. The number of amides is 1. The van der Waals surface area contributed by atoms with E-state index in [1.807, 2.05) is 25.1 Å². The van der Waals surface area contributed by atoms with Gasteiger partial charge in [0.1, 0.15) is 22.8 Å². The van der Waals surface area contributed by atoms with E-state index in [1.165, 1.54) is 4.90 Å². The van der Waals surface area contributed by atoms with Crippen LogP contribution in [0.5, 0.6) is 5.75 Å². The number of aliphatic hydroxyl groups is 3. The summed E-state index contributed by atoms with van der Waals surface area (Å²) in [6.07, 6.45) is 1.96. The van der Waals surface area contributed by atoms with Gasteiger partial charge in [-0.2, -0.15) is 0 Å². The molecule has 0 aromatic heterocycles. The number of piperidine rings is 1. The van der Waals surface area contributed by atoms with Crippen molar-refractivity contribution in [3.8, 4) is 5.75 Å². The first-order chi connectivity index (χ1) is 19.2. The van der Waals surface area contributed by atoms with Crippen LogP contribution in [0.2, 0.25) is 0 Å². The molecule has 4 atom stereocenters. The quantitative estimate of drug-likeness (QED) is 0.260. The van der Waals surface area contributed by atoms with Crippen molar-refractivity contribution in [2.45, 2.75) is 49.9 Å². The molecule has 1 saturated heterocycles. The first-order valence-electron chi connectivity index (χ1n) is 13.9. The van der Waals surface area contributed by atoms with Gasteiger partial charge in [-0.3, -0.25) is 24.2 Å². The number of rotatable bonds is 5. The number of fused-ring (bicyclic) bond motifs is 3. The summed E-state index contributed by atoms with van der Waals surface area (Å²) in [7, 11) is 6.86. The van der Waals surface area contributed by atoms with Crippen LogP contribution in [0.1, 0.15) is 36.0 Å². The number of nitrogens with zero attached hydrogens (tertiary/aromatic N) is 3. The van der Waals surface area contributed by atoms with Gasteiger partial charge in [0.05, 0.1) is 11.6 Å². The minimum absolute atomic E-state index is 0.0508. The summed E-state index contributed by atoms with van der Waals surface area (Å²) in [6, 6.07) is 0.915. The Morgan fingerprint density at radius 3 is 2.32 bits per heavy atom. The highest BCUT2D eigenvalue weighted by atomic mass is 16.3. The van der Waals surface area contributed by atoms with E-state index in [9.17, 15) is 34.8 Å². The first kappa shape index (κ1) is 29.1. The molecule has 1 heterocycles. The maximum Gasteiger partial charge on any atom is 0.255 e. The maximum absolute atomic E-state index is 14.1. The summed E-state index contributed by atoms with van der Waals surface area (Å²) in [5.41, 5.74) is 9.90. The zero-order valence-electron chi connectivity index (χ0n) is 23.8. The number of ketones is 2. The summed E-state index contributed by atoms with van der Waals surface area (Å²) in [5.74, 6) is -6.51. The second-order valence-electron chi connectivity index (χ2n) is 12.2. The van der Waals surface area contributed by atoms with Gasteiger partial charge in [0.15, 0.2) is 11.4 Å². The summed E-state index contributed by atoms with van der Waals surface area (Å²) in [5, 5.41) is 46.0. The van der Waals surface area contributed by atoms with Crippen LogP contribution in [0.15, 0.2) is 23.0 Å². The van der Waals surface area contributed by atoms with E-state index in [0.29, 0.717) is 17.7 Å². The van der Waals surface area contributed by atoms with Crippen molar-refractivity contribution in [2.75, 3.05) is 46.2 Å². The standard InChI is InChI=1S/C29H39N5O7/c1-32(2)18-11-14(12-34-7-5-15(30)6-8-34)23(35)20-16(18)9-13-10-17-22(33(3)4)25(37)21(28(31)40)27(39)29(17,41)26(38)19(13)24(20)36/h11,13,15,17,22,35-36,39,41H,5-10,12,30H2,1-4H3,(H2,31,40)/t13?,17?,22-,29?/m0/s1. The van der Waals surface area contributed by atoms with Crippen LogP contribution in [0, 0.1) is 11.8 Å². The lowest BCUT2D eigenvalue weighted by molar-refractivity contribution is -0.153. The van der Waals surface area contributed by atoms with E-state index < -0.39 is 58.0 Å². The molecule has 4 aliphatic rings. The van der Waals surface area contributed by atoms with Crippen LogP contribution in [0.25, 0.3) is 5.76 Å². The number of Topliss-reactive ketones (excluding diaryl/α,β-unsaturated/α-hetero) is 2. The highest BCUT2D eigenvalue weighted by Gasteiger charge is 2.64. The topological polar surface area (TPSA) is 194 Å². The normalized spacial score (nSPS) is 29.0. The van der Waals surface area contributed by atoms with E-state index in [0.717, 1.165) is 31.6 Å². The SMILES string of the molecule is CN(C)c1cc(CN2CCC(N)CC2)c(O)c2c1CC1CC3[C@H](N(C)C)C(=O)C(C(N)=O)=C(O)C3(O)C(=O)C1=C2O. The Bertz CT molecular complexity index is 1390. The van der Waals surface area contributed by atoms with E-state index in [4.69, 9.17) is 11.5 Å². The van der Waals surface area contributed by atoms with Crippen molar-refractivity contribution in [3.05, 3.63) is 39.7 Å². The molecule has 0 radical (unpaired) electrons. The number of aromatic hydroxyl groups is 1. The van der Waals surface area contributed by atoms with Crippen molar-refractivity contribution in [2.24, 2.45) is 23.3 Å². The Morgan fingerprint density at radius 2 is 1.76 bits per heavy atom. The summed E-state index contributed by atoms with van der Waals surface area (Å²) >= 11 is 0. The molecule has 1 aliphatic heterocycles. The lowest BCUT2D eigenvalue weighted by Crippen LogP contribution is -2.65. The van der Waals surface area contributed by atoms with Gasteiger partial charge >= 0.3 is 0 Å². The third-order valence-electron chi connectivity index (χ3n) is 9.28. The highest BCUT2D eigenvalue weighted by Crippen LogP contribution is 2.54. The minimum Gasteiger partial charge on any atom is -0.508 e. The summed E-state index contributed by atoms with van der Waals surface area (Å²) in [6.45, 7) is 1.93. The van der Waals surface area contributed by atoms with E-state index in [-0.39, 0.29) is 35.8 Å². The van der Waals surface area contributed by atoms with Gasteiger partial charge < -0.3 is 36.8 Å². The number of carbonyl (C=O) groups is 3. The molecule has 2 fully saturated rings. The number of aliphatic hydroxyl groups excluding tert-OH is 2. The van der Waals surface area contributed by atoms with Gasteiger partial charge in [-0.25, -0.2) is 0 Å². The van der Waals surface area contributed by atoms with Crippen LogP contribution in [0.3, 0.4) is 0 Å². The molecule has 8 N–H and O–H groups in total. The van der Waals surface area contributed by atoms with E-state index >= 15 is 0 Å². The highest BCUT2D eigenvalue weighted by molar-refractivity contribution is 6.24. The zero-order chi connectivity index (χ0) is 30.1. The Hall–Kier alpha value is -3.45. The Balaban J connectivity index is 1.67. The number of nitrogens with two attached hydrogens (primary N) is 2. The van der Waals surface area contributed by atoms with Gasteiger partial charge in [-0.15, -0.1) is 0 Å². The third kappa shape index (κ3) is 4.32. The molecule has 1 aromatic rings. The van der Waals surface area contributed by atoms with Gasteiger partial charge in [0.25, 0.3) is 5.91 Å². The Kier molecular flexibility index (Phi) is 7.17. The second-order valence-corrected chi connectivity index (χ2v) is 12.2. The number of hydrogen-bond acceptors (Lipinski definition) is 11. The lowest BCUT2D eigenvalue weighted by Gasteiger charge is -2.50. The summed E-state index contributed by atoms with van der Waals surface area (Å²) < 4.78 is 0. The fourth-order valence-electron chi connectivity index (χ4n) is 7.22. The van der Waals surface area contributed by atoms with Crippen molar-refractivity contribution in [1.82, 2.24) is 9.80 Å². The summed E-state index contributed by atoms with van der Waals surface area (Å²) in [4.78, 5) is 45.1. The number of likely N-dealkylation sites (N-methyl/N-ethyl adjacent to an activating group) is 1. The minimum atomic E-state index is -2.66. The monoisotopic (exact) mass is 569 g/mol. The van der Waals surface area contributed by atoms with Crippen LogP contribution >= 0.6 is 0 Å². The molecule has 1 amide bonds. The van der Waals surface area contributed by atoms with Crippen molar-refractivity contribution >= 4 is 28.9 Å². The molecule has 1 aromatic carbocycles. The molecule has 0 spiro atoms. The third-order valence-corrected chi connectivity index (χ3v) is 9.28. The van der Waals surface area contributed by atoms with Gasteiger partial charge in [0, 0.05) is 49.4 Å². The molecule has 41 heavy (non-hydrogen) atoms. The number of primary amides is 1. The number of phenolic OH excluding ortho intramolecular Hbond substituents is 1. The number of anilines is 1. The predicted molar refractivity (Wildman–Crippen MR) is 151 cm³/mol. The average molecular weight is 570 g/mol. The van der Waals surface area contributed by atoms with Gasteiger partial charge in [-0.1, -0.05) is 0 Å². The first-order valence-corrected chi connectivity index (χ1v) is 13.9. The van der Waals surface area contributed by atoms with Crippen LogP contribution < -0.4 is 16.4 Å². The second kappa shape index (κ2) is 10.1. The number of benzene rings is 1.